The van der Waals surface area contributed by atoms with Gasteiger partial charge in [-0.1, -0.05) is 25.0 Å². The maximum absolute atomic E-state index is 13.5. The third-order valence-electron chi connectivity index (χ3n) is 8.61. The van der Waals surface area contributed by atoms with Crippen LogP contribution in [0.2, 0.25) is 0 Å². The first-order chi connectivity index (χ1) is 19.8. The van der Waals surface area contributed by atoms with Gasteiger partial charge in [0.2, 0.25) is 11.8 Å². The molecule has 2 aromatic carbocycles. The van der Waals surface area contributed by atoms with E-state index in [0.717, 1.165) is 48.2 Å². The van der Waals surface area contributed by atoms with Crippen LogP contribution in [-0.4, -0.2) is 56.6 Å². The largest absolute Gasteiger partial charge is 0.497 e. The number of hydrogen-bond donors (Lipinski definition) is 1. The molecule has 2 saturated carbocycles. The predicted octanol–water partition coefficient (Wildman–Crippen LogP) is 4.70. The summed E-state index contributed by atoms with van der Waals surface area (Å²) in [6.07, 6.45) is 4.83. The van der Waals surface area contributed by atoms with Crippen molar-refractivity contribution >= 4 is 21.4 Å². The van der Waals surface area contributed by atoms with Gasteiger partial charge >= 0.3 is 0 Å². The Balaban J connectivity index is 1.35. The highest BCUT2D eigenvalue weighted by molar-refractivity contribution is 7.91. The fourth-order valence-corrected chi connectivity index (χ4v) is 7.13. The Morgan fingerprint density at radius 1 is 1.05 bits per heavy atom. The lowest BCUT2D eigenvalue weighted by molar-refractivity contribution is -0.127. The van der Waals surface area contributed by atoms with Crippen molar-refractivity contribution in [3.8, 4) is 34.5 Å². The molecule has 0 bridgehead atoms. The highest BCUT2D eigenvalue weighted by Crippen LogP contribution is 2.45. The Morgan fingerprint density at radius 3 is 2.34 bits per heavy atom. The zero-order valence-corrected chi connectivity index (χ0v) is 24.0. The van der Waals surface area contributed by atoms with Crippen LogP contribution in [0.3, 0.4) is 0 Å². The normalized spacial score (nSPS) is 22.9. The van der Waals surface area contributed by atoms with E-state index in [9.17, 15) is 18.5 Å². The van der Waals surface area contributed by atoms with E-state index in [1.807, 2.05) is 48.5 Å². The first-order valence-electron chi connectivity index (χ1n) is 14.2. The van der Waals surface area contributed by atoms with E-state index >= 15 is 0 Å². The molecule has 1 saturated heterocycles. The Morgan fingerprint density at radius 2 is 1.71 bits per heavy atom. The number of rotatable bonds is 7. The number of sulfone groups is 1. The van der Waals surface area contributed by atoms with E-state index in [-0.39, 0.29) is 29.2 Å². The number of hydrogen-bond acceptors (Lipinski definition) is 8. The highest BCUT2D eigenvalue weighted by Gasteiger charge is 2.47. The van der Waals surface area contributed by atoms with Gasteiger partial charge in [0, 0.05) is 41.7 Å². The first kappa shape index (κ1) is 27.3. The lowest BCUT2D eigenvalue weighted by Crippen LogP contribution is -2.42. The van der Waals surface area contributed by atoms with E-state index in [2.05, 4.69) is 16.3 Å². The zero-order valence-electron chi connectivity index (χ0n) is 23.1. The van der Waals surface area contributed by atoms with Crippen LogP contribution >= 0.6 is 0 Å². The van der Waals surface area contributed by atoms with Crippen molar-refractivity contribution in [2.45, 2.75) is 50.0 Å². The second-order valence-corrected chi connectivity index (χ2v) is 13.6. The zero-order chi connectivity index (χ0) is 28.6. The smallest absolute Gasteiger partial charge is 0.226 e. The third-order valence-corrected chi connectivity index (χ3v) is 10.2. The van der Waals surface area contributed by atoms with Crippen LogP contribution in [0.1, 0.15) is 50.2 Å². The maximum atomic E-state index is 13.5. The van der Waals surface area contributed by atoms with Crippen molar-refractivity contribution in [3.63, 3.8) is 0 Å². The van der Waals surface area contributed by atoms with Gasteiger partial charge in [-0.25, -0.2) is 13.4 Å². The minimum Gasteiger partial charge on any atom is -0.497 e. The summed E-state index contributed by atoms with van der Waals surface area (Å²) in [7, 11) is -1.34. The van der Waals surface area contributed by atoms with Gasteiger partial charge in [-0.15, -0.1) is 0 Å². The fourth-order valence-electron chi connectivity index (χ4n) is 5.92. The molecular weight excluding hydrogens is 540 g/mol. The second kappa shape index (κ2) is 10.9. The lowest BCUT2D eigenvalue weighted by Gasteiger charge is -2.30. The van der Waals surface area contributed by atoms with Crippen LogP contribution in [0, 0.1) is 17.2 Å². The molecule has 0 spiro atoms. The average molecular weight is 575 g/mol. The summed E-state index contributed by atoms with van der Waals surface area (Å²) in [5.41, 5.74) is 2.63. The minimum absolute atomic E-state index is 0.0857. The van der Waals surface area contributed by atoms with Crippen molar-refractivity contribution < 1.29 is 22.4 Å². The Hall–Kier alpha value is -3.84. The van der Waals surface area contributed by atoms with Crippen LogP contribution in [-0.2, 0) is 14.6 Å². The van der Waals surface area contributed by atoms with E-state index in [4.69, 9.17) is 14.1 Å². The molecule has 1 N–H and O–H groups in total. The molecule has 2 aliphatic carbocycles. The fraction of sp³-hybridized carbons (Fsp3) is 0.452. The Bertz CT molecular complexity index is 1560. The number of nitriles is 1. The van der Waals surface area contributed by atoms with Crippen LogP contribution in [0.5, 0.6) is 5.75 Å². The van der Waals surface area contributed by atoms with Crippen molar-refractivity contribution in [2.24, 2.45) is 5.92 Å². The molecule has 0 radical (unpaired) electrons. The van der Waals surface area contributed by atoms with Gasteiger partial charge in [-0.05, 0) is 62.1 Å². The number of aromatic nitrogens is 1. The topological polar surface area (TPSA) is 126 Å². The Kier molecular flexibility index (Phi) is 7.24. The summed E-state index contributed by atoms with van der Waals surface area (Å²) in [5.74, 6) is 1.66. The molecule has 2 heterocycles. The number of ether oxygens (including phenoxy) is 1. The summed E-state index contributed by atoms with van der Waals surface area (Å²) in [5, 5.41) is 12.6. The number of oxazole rings is 1. The number of methoxy groups -OCH3 is 1. The predicted molar refractivity (Wildman–Crippen MR) is 155 cm³/mol. The van der Waals surface area contributed by atoms with Crippen molar-refractivity contribution in [1.82, 2.24) is 10.3 Å². The van der Waals surface area contributed by atoms with Crippen LogP contribution in [0.25, 0.3) is 22.7 Å². The van der Waals surface area contributed by atoms with Crippen molar-refractivity contribution in [2.75, 3.05) is 36.6 Å². The number of carbonyl (C=O) groups is 1. The molecule has 0 unspecified atom stereocenters. The molecule has 3 aromatic rings. The van der Waals surface area contributed by atoms with Crippen LogP contribution in [0.15, 0.2) is 52.9 Å². The van der Waals surface area contributed by atoms with Gasteiger partial charge in [0.1, 0.15) is 22.7 Å². The summed E-state index contributed by atoms with van der Waals surface area (Å²) >= 11 is 0. The third kappa shape index (κ3) is 5.68. The van der Waals surface area contributed by atoms with Gasteiger partial charge in [0.15, 0.2) is 9.84 Å². The molecule has 3 aliphatic rings. The van der Waals surface area contributed by atoms with Crippen LogP contribution < -0.4 is 15.0 Å². The van der Waals surface area contributed by atoms with Gasteiger partial charge in [-0.2, -0.15) is 5.26 Å². The number of nitrogens with one attached hydrogen (secondary N) is 1. The number of anilines is 1. The molecule has 9 nitrogen and oxygen atoms in total. The SMILES string of the molecule is COc1ccc(-c2nc(-c3ccc(N4CCS(=O)(=O)CC4)cc3)c([C@@H]3CCCC[C@H]3C(=O)NC3(C#N)CC3)o2)cc1. The lowest BCUT2D eigenvalue weighted by atomic mass is 9.76. The molecule has 1 aliphatic heterocycles. The van der Waals surface area contributed by atoms with Gasteiger partial charge < -0.3 is 19.4 Å². The quantitative estimate of drug-likeness (QED) is 0.431. The van der Waals surface area contributed by atoms with E-state index in [1.165, 1.54) is 0 Å². The monoisotopic (exact) mass is 574 g/mol. The second-order valence-electron chi connectivity index (χ2n) is 11.3. The summed E-state index contributed by atoms with van der Waals surface area (Å²) in [4.78, 5) is 20.5. The Labute approximate surface area is 240 Å². The number of amides is 1. The van der Waals surface area contributed by atoms with Gasteiger partial charge in [0.05, 0.1) is 24.7 Å². The maximum Gasteiger partial charge on any atom is 0.226 e. The number of carbonyl (C=O) groups excluding carboxylic acids is 1. The molecule has 3 fully saturated rings. The highest BCUT2D eigenvalue weighted by atomic mass is 32.2. The molecule has 2 atom stereocenters. The van der Waals surface area contributed by atoms with Crippen molar-refractivity contribution in [1.29, 1.82) is 5.26 Å². The summed E-state index contributed by atoms with van der Waals surface area (Å²) in [6, 6.07) is 17.8. The standard InChI is InChI=1S/C31H34N4O5S/c1-39-24-12-8-22(9-13-24)30-33-27(21-6-10-23(11-7-21)35-16-18-41(37,38)19-17-35)28(40-30)25-4-2-3-5-26(25)29(36)34-31(20-32)14-15-31/h6-13,25-26H,2-5,14-19H2,1H3,(H,34,36)/t25-,26-/m1/s1. The number of nitrogens with zero attached hydrogens (tertiary/aromatic N) is 3. The van der Waals surface area contributed by atoms with Gasteiger partial charge in [0.25, 0.3) is 0 Å². The van der Waals surface area contributed by atoms with E-state index in [1.54, 1.807) is 7.11 Å². The first-order valence-corrected chi connectivity index (χ1v) is 16.1. The molecule has 1 amide bonds. The molecule has 6 rings (SSSR count). The van der Waals surface area contributed by atoms with Gasteiger partial charge in [-0.3, -0.25) is 4.79 Å². The minimum atomic E-state index is -2.97. The molecule has 214 valence electrons. The molecular formula is C31H34N4O5S. The van der Waals surface area contributed by atoms with Crippen LogP contribution in [0.4, 0.5) is 5.69 Å². The summed E-state index contributed by atoms with van der Waals surface area (Å²) in [6.45, 7) is 0.948. The van der Waals surface area contributed by atoms with E-state index in [0.29, 0.717) is 43.3 Å². The number of benzene rings is 2. The van der Waals surface area contributed by atoms with Crippen molar-refractivity contribution in [3.05, 3.63) is 54.3 Å². The average Bonchev–Trinajstić information content (AvgIpc) is 3.63. The van der Waals surface area contributed by atoms with E-state index < -0.39 is 15.4 Å². The molecule has 41 heavy (non-hydrogen) atoms. The summed E-state index contributed by atoms with van der Waals surface area (Å²) < 4.78 is 35.6. The molecule has 1 aromatic heterocycles. The molecule has 10 heteroatoms.